The number of rotatable bonds is 10. The first-order valence-electron chi connectivity index (χ1n) is 6.82. The lowest BCUT2D eigenvalue weighted by molar-refractivity contribution is -0.143. The highest BCUT2D eigenvalue weighted by molar-refractivity contribution is 6.33. The fourth-order valence-electron chi connectivity index (χ4n) is 1.91. The van der Waals surface area contributed by atoms with Crippen LogP contribution in [0.4, 0.5) is 0 Å². The maximum absolute atomic E-state index is 11.3. The molecule has 0 bridgehead atoms. The van der Waals surface area contributed by atoms with E-state index in [0.29, 0.717) is 6.42 Å². The van der Waals surface area contributed by atoms with Gasteiger partial charge in [0.05, 0.1) is 7.11 Å². The highest BCUT2D eigenvalue weighted by atomic mass is 35.5. The third-order valence-electron chi connectivity index (χ3n) is 3.11. The van der Waals surface area contributed by atoms with Crippen LogP contribution in [0.5, 0.6) is 0 Å². The Morgan fingerprint density at radius 2 is 1.53 bits per heavy atom. The number of esters is 1. The number of halogens is 1. The summed E-state index contributed by atoms with van der Waals surface area (Å²) in [5.41, 5.74) is 0. The summed E-state index contributed by atoms with van der Waals surface area (Å²) >= 11 is 6.09. The van der Waals surface area contributed by atoms with Crippen LogP contribution in [-0.2, 0) is 9.53 Å². The van der Waals surface area contributed by atoms with Crippen LogP contribution in [0.2, 0.25) is 0 Å². The fraction of sp³-hybridized carbons (Fsp3) is 0.929. The van der Waals surface area contributed by atoms with E-state index in [1.54, 1.807) is 6.92 Å². The van der Waals surface area contributed by atoms with Gasteiger partial charge in [-0.15, -0.1) is 11.6 Å². The average molecular weight is 263 g/mol. The predicted octanol–water partition coefficient (Wildman–Crippen LogP) is 4.69. The van der Waals surface area contributed by atoms with Crippen LogP contribution in [0.25, 0.3) is 0 Å². The van der Waals surface area contributed by atoms with E-state index in [9.17, 15) is 4.79 Å². The summed E-state index contributed by atoms with van der Waals surface area (Å²) in [6.45, 7) is 3.97. The smallest absolute Gasteiger partial charge is 0.326 e. The Labute approximate surface area is 111 Å². The molecule has 0 spiro atoms. The summed E-state index contributed by atoms with van der Waals surface area (Å²) < 4.78 is 4.67. The van der Waals surface area contributed by atoms with Gasteiger partial charge in [0.15, 0.2) is 0 Å². The summed E-state index contributed by atoms with van der Waals surface area (Å²) in [7, 11) is 1.39. The van der Waals surface area contributed by atoms with E-state index in [1.165, 1.54) is 45.6 Å². The molecule has 0 radical (unpaired) electrons. The largest absolute Gasteiger partial charge is 0.468 e. The Balaban J connectivity index is 3.42. The lowest BCUT2D eigenvalue weighted by atomic mass is 10.0. The van der Waals surface area contributed by atoms with Gasteiger partial charge in [-0.3, -0.25) is 4.79 Å². The first-order valence-corrected chi connectivity index (χ1v) is 7.19. The van der Waals surface area contributed by atoms with Gasteiger partial charge >= 0.3 is 5.97 Å². The molecule has 0 aromatic carbocycles. The molecule has 0 heterocycles. The van der Waals surface area contributed by atoms with E-state index < -0.39 is 4.87 Å². The molecule has 0 aliphatic carbocycles. The van der Waals surface area contributed by atoms with Gasteiger partial charge in [0.2, 0.25) is 0 Å². The summed E-state index contributed by atoms with van der Waals surface area (Å²) in [6, 6.07) is 0. The second kappa shape index (κ2) is 9.76. The molecule has 0 rings (SSSR count). The van der Waals surface area contributed by atoms with Crippen molar-refractivity contribution in [2.24, 2.45) is 0 Å². The third-order valence-corrected chi connectivity index (χ3v) is 3.45. The predicted molar refractivity (Wildman–Crippen MR) is 73.5 cm³/mol. The van der Waals surface area contributed by atoms with Gasteiger partial charge in [0, 0.05) is 0 Å². The van der Waals surface area contributed by atoms with Crippen molar-refractivity contribution in [1.82, 2.24) is 0 Å². The zero-order valence-corrected chi connectivity index (χ0v) is 12.3. The molecular weight excluding hydrogens is 236 g/mol. The molecule has 0 aromatic heterocycles. The van der Waals surface area contributed by atoms with Gasteiger partial charge in [-0.05, 0) is 13.3 Å². The number of hydrogen-bond donors (Lipinski definition) is 0. The Kier molecular flexibility index (Phi) is 9.62. The van der Waals surface area contributed by atoms with Crippen molar-refractivity contribution in [2.75, 3.05) is 7.11 Å². The van der Waals surface area contributed by atoms with E-state index in [4.69, 9.17) is 11.6 Å². The fourth-order valence-corrected chi connectivity index (χ4v) is 2.12. The number of carbonyl (C=O) groups excluding carboxylic acids is 1. The van der Waals surface area contributed by atoms with E-state index >= 15 is 0 Å². The summed E-state index contributed by atoms with van der Waals surface area (Å²) in [5.74, 6) is -0.317. The van der Waals surface area contributed by atoms with Gasteiger partial charge < -0.3 is 4.74 Å². The molecule has 0 aromatic rings. The van der Waals surface area contributed by atoms with Crippen molar-refractivity contribution in [3.05, 3.63) is 0 Å². The molecule has 1 unspecified atom stereocenters. The first kappa shape index (κ1) is 16.8. The van der Waals surface area contributed by atoms with Crippen LogP contribution >= 0.6 is 11.6 Å². The summed E-state index contributed by atoms with van der Waals surface area (Å²) in [6.07, 6.45) is 10.8. The molecule has 102 valence electrons. The maximum Gasteiger partial charge on any atom is 0.326 e. The van der Waals surface area contributed by atoms with Crippen molar-refractivity contribution >= 4 is 17.6 Å². The molecular formula is C14H27ClO2. The molecule has 0 fully saturated rings. The monoisotopic (exact) mass is 262 g/mol. The van der Waals surface area contributed by atoms with Gasteiger partial charge in [-0.25, -0.2) is 0 Å². The lowest BCUT2D eigenvalue weighted by Gasteiger charge is -2.18. The Bertz CT molecular complexity index is 202. The third kappa shape index (κ3) is 8.48. The second-order valence-electron chi connectivity index (χ2n) is 4.91. The van der Waals surface area contributed by atoms with Crippen LogP contribution in [-0.4, -0.2) is 18.0 Å². The second-order valence-corrected chi connectivity index (χ2v) is 5.75. The first-order chi connectivity index (χ1) is 8.04. The quantitative estimate of drug-likeness (QED) is 0.324. The number of carbonyl (C=O) groups is 1. The topological polar surface area (TPSA) is 26.3 Å². The summed E-state index contributed by atoms with van der Waals surface area (Å²) in [5, 5.41) is 0. The minimum absolute atomic E-state index is 0.317. The van der Waals surface area contributed by atoms with Crippen LogP contribution in [0.3, 0.4) is 0 Å². The highest BCUT2D eigenvalue weighted by Crippen LogP contribution is 2.24. The van der Waals surface area contributed by atoms with Gasteiger partial charge in [0.25, 0.3) is 0 Å². The van der Waals surface area contributed by atoms with Crippen molar-refractivity contribution in [3.63, 3.8) is 0 Å². The van der Waals surface area contributed by atoms with Crippen molar-refractivity contribution < 1.29 is 9.53 Å². The molecule has 2 nitrogen and oxygen atoms in total. The van der Waals surface area contributed by atoms with Gasteiger partial charge in [-0.2, -0.15) is 0 Å². The normalized spacial score (nSPS) is 14.4. The molecule has 0 N–H and O–H groups in total. The minimum atomic E-state index is -0.836. The van der Waals surface area contributed by atoms with Crippen molar-refractivity contribution in [3.8, 4) is 0 Å². The lowest BCUT2D eigenvalue weighted by Crippen LogP contribution is -2.29. The SMILES string of the molecule is CCCCCCCCCCC(C)(Cl)C(=O)OC. The van der Waals surface area contributed by atoms with Crippen LogP contribution in [0.1, 0.15) is 71.6 Å². The van der Waals surface area contributed by atoms with Crippen molar-refractivity contribution in [2.45, 2.75) is 76.5 Å². The molecule has 0 amide bonds. The number of hydrogen-bond acceptors (Lipinski definition) is 2. The van der Waals surface area contributed by atoms with Crippen LogP contribution in [0.15, 0.2) is 0 Å². The number of alkyl halides is 1. The van der Waals surface area contributed by atoms with Crippen LogP contribution in [0, 0.1) is 0 Å². The Morgan fingerprint density at radius 1 is 1.06 bits per heavy atom. The molecule has 0 aliphatic rings. The zero-order chi connectivity index (χ0) is 13.1. The average Bonchev–Trinajstić information content (AvgIpc) is 2.31. The van der Waals surface area contributed by atoms with E-state index in [0.717, 1.165) is 12.8 Å². The molecule has 0 saturated heterocycles. The number of methoxy groups -OCH3 is 1. The highest BCUT2D eigenvalue weighted by Gasteiger charge is 2.30. The standard InChI is InChI=1S/C14H27ClO2/c1-4-5-6-7-8-9-10-11-12-14(2,15)13(16)17-3/h4-12H2,1-3H3. The maximum atomic E-state index is 11.3. The molecule has 3 heteroatoms. The van der Waals surface area contributed by atoms with Crippen molar-refractivity contribution in [1.29, 1.82) is 0 Å². The van der Waals surface area contributed by atoms with E-state index in [1.807, 2.05) is 0 Å². The van der Waals surface area contributed by atoms with Gasteiger partial charge in [-0.1, -0.05) is 58.3 Å². The van der Waals surface area contributed by atoms with E-state index in [-0.39, 0.29) is 5.97 Å². The molecule has 0 aliphatic heterocycles. The molecule has 17 heavy (non-hydrogen) atoms. The Morgan fingerprint density at radius 3 is 2.00 bits per heavy atom. The number of unbranched alkanes of at least 4 members (excludes halogenated alkanes) is 7. The molecule has 0 saturated carbocycles. The Hall–Kier alpha value is -0.240. The minimum Gasteiger partial charge on any atom is -0.468 e. The van der Waals surface area contributed by atoms with E-state index in [2.05, 4.69) is 11.7 Å². The van der Waals surface area contributed by atoms with Crippen LogP contribution < -0.4 is 0 Å². The summed E-state index contributed by atoms with van der Waals surface area (Å²) in [4.78, 5) is 10.5. The number of ether oxygens (including phenoxy) is 1. The zero-order valence-electron chi connectivity index (χ0n) is 11.6. The van der Waals surface area contributed by atoms with Gasteiger partial charge in [0.1, 0.15) is 4.87 Å². The molecule has 1 atom stereocenters.